The Labute approximate surface area is 136 Å². The summed E-state index contributed by atoms with van der Waals surface area (Å²) >= 11 is 0. The fraction of sp³-hybridized carbons (Fsp3) is 0.214. The minimum absolute atomic E-state index is 0.166. The van der Waals surface area contributed by atoms with Crippen molar-refractivity contribution in [1.82, 2.24) is 9.97 Å². The van der Waals surface area contributed by atoms with Crippen molar-refractivity contribution < 1.29 is 9.72 Å². The second-order valence-corrected chi connectivity index (χ2v) is 4.66. The van der Waals surface area contributed by atoms with Gasteiger partial charge in [-0.2, -0.15) is 0 Å². The van der Waals surface area contributed by atoms with Gasteiger partial charge in [0.2, 0.25) is 0 Å². The van der Waals surface area contributed by atoms with Crippen LogP contribution < -0.4 is 5.32 Å². The number of azide groups is 1. The Morgan fingerprint density at radius 1 is 1.42 bits per heavy atom. The van der Waals surface area contributed by atoms with Crippen molar-refractivity contribution in [3.05, 3.63) is 62.5 Å². The number of anilines is 1. The lowest BCUT2D eigenvalue weighted by Crippen LogP contribution is -2.09. The Hall–Kier alpha value is -3.52. The summed E-state index contributed by atoms with van der Waals surface area (Å²) in [6.07, 6.45) is 2.98. The number of benzene rings is 1. The van der Waals surface area contributed by atoms with Crippen LogP contribution in [-0.4, -0.2) is 27.7 Å². The first-order valence-electron chi connectivity index (χ1n) is 6.96. The Kier molecular flexibility index (Phi) is 5.76. The number of nitro groups is 1. The van der Waals surface area contributed by atoms with Crippen LogP contribution in [0.2, 0.25) is 0 Å². The SMILES string of the molecule is [N-]=[N+]=Nc1ccc(NCCc2nccc(CC=O)n2)c([N+](=O)[O-])c1. The third-order valence-electron chi connectivity index (χ3n) is 3.06. The van der Waals surface area contributed by atoms with E-state index in [0.29, 0.717) is 30.2 Å². The fourth-order valence-corrected chi connectivity index (χ4v) is 2.00. The summed E-state index contributed by atoms with van der Waals surface area (Å²) < 4.78 is 0. The molecule has 24 heavy (non-hydrogen) atoms. The van der Waals surface area contributed by atoms with E-state index in [-0.39, 0.29) is 17.8 Å². The van der Waals surface area contributed by atoms with Crippen LogP contribution >= 0.6 is 0 Å². The van der Waals surface area contributed by atoms with Gasteiger partial charge in [-0.05, 0) is 17.7 Å². The van der Waals surface area contributed by atoms with Gasteiger partial charge < -0.3 is 10.1 Å². The Bertz CT molecular complexity index is 803. The molecule has 0 amide bonds. The lowest BCUT2D eigenvalue weighted by atomic mass is 10.2. The number of carbonyl (C=O) groups excluding carboxylic acids is 1. The average molecular weight is 327 g/mol. The molecule has 0 saturated carbocycles. The predicted octanol–water partition coefficient (Wildman–Crippen LogP) is 2.72. The van der Waals surface area contributed by atoms with Crippen LogP contribution in [0.4, 0.5) is 17.1 Å². The van der Waals surface area contributed by atoms with Gasteiger partial charge in [0.05, 0.1) is 10.6 Å². The minimum Gasteiger partial charge on any atom is -0.379 e. The van der Waals surface area contributed by atoms with Gasteiger partial charge >= 0.3 is 0 Å². The second-order valence-electron chi connectivity index (χ2n) is 4.66. The van der Waals surface area contributed by atoms with E-state index in [4.69, 9.17) is 5.53 Å². The Morgan fingerprint density at radius 3 is 2.96 bits per heavy atom. The molecule has 122 valence electrons. The average Bonchev–Trinajstić information content (AvgIpc) is 2.57. The number of hydrogen-bond acceptors (Lipinski definition) is 7. The topological polar surface area (TPSA) is 147 Å². The smallest absolute Gasteiger partial charge is 0.292 e. The maximum atomic E-state index is 11.1. The van der Waals surface area contributed by atoms with E-state index < -0.39 is 4.92 Å². The van der Waals surface area contributed by atoms with Crippen LogP contribution in [0.25, 0.3) is 10.4 Å². The number of nitro benzene ring substituents is 1. The summed E-state index contributed by atoms with van der Waals surface area (Å²) in [7, 11) is 0. The second kappa shape index (κ2) is 8.20. The third kappa shape index (κ3) is 4.49. The molecular formula is C14H13N7O3. The summed E-state index contributed by atoms with van der Waals surface area (Å²) in [4.78, 5) is 32.0. The first kappa shape index (κ1) is 16.8. The third-order valence-corrected chi connectivity index (χ3v) is 3.06. The monoisotopic (exact) mass is 327 g/mol. The van der Waals surface area contributed by atoms with E-state index in [1.807, 2.05) is 0 Å². The van der Waals surface area contributed by atoms with Gasteiger partial charge in [-0.3, -0.25) is 10.1 Å². The molecule has 0 radical (unpaired) electrons. The number of rotatable bonds is 8. The highest BCUT2D eigenvalue weighted by Crippen LogP contribution is 2.29. The van der Waals surface area contributed by atoms with Crippen molar-refractivity contribution in [3.8, 4) is 0 Å². The standard InChI is InChI=1S/C14H13N7O3/c15-20-19-11-1-2-12(13(9-11)21(23)24)16-7-4-14-17-6-3-10(18-14)5-8-22/h1-3,6,8-9,16H,4-5,7H2. The number of hydrogen-bond donors (Lipinski definition) is 1. The van der Waals surface area contributed by atoms with E-state index in [1.54, 1.807) is 12.3 Å². The van der Waals surface area contributed by atoms with E-state index in [1.165, 1.54) is 18.2 Å². The highest BCUT2D eigenvalue weighted by atomic mass is 16.6. The Balaban J connectivity index is 2.06. The molecule has 0 aliphatic heterocycles. The van der Waals surface area contributed by atoms with E-state index >= 15 is 0 Å². The molecule has 10 heteroatoms. The zero-order valence-corrected chi connectivity index (χ0v) is 12.5. The molecule has 0 saturated heterocycles. The van der Waals surface area contributed by atoms with Crippen molar-refractivity contribution >= 4 is 23.3 Å². The first-order valence-corrected chi connectivity index (χ1v) is 6.96. The minimum atomic E-state index is -0.556. The van der Waals surface area contributed by atoms with E-state index in [0.717, 1.165) is 6.29 Å². The molecule has 10 nitrogen and oxygen atoms in total. The number of nitrogens with one attached hydrogen (secondary N) is 1. The highest BCUT2D eigenvalue weighted by molar-refractivity contribution is 5.66. The fourth-order valence-electron chi connectivity index (χ4n) is 2.00. The number of aromatic nitrogens is 2. The molecule has 0 unspecified atom stereocenters. The molecule has 0 atom stereocenters. The van der Waals surface area contributed by atoms with Gasteiger partial charge in [0.1, 0.15) is 17.8 Å². The van der Waals surface area contributed by atoms with E-state index in [2.05, 4.69) is 25.3 Å². The number of carbonyl (C=O) groups is 1. The van der Waals surface area contributed by atoms with Crippen LogP contribution in [-0.2, 0) is 17.6 Å². The van der Waals surface area contributed by atoms with Crippen molar-refractivity contribution in [2.75, 3.05) is 11.9 Å². The van der Waals surface area contributed by atoms with Crippen molar-refractivity contribution in [2.24, 2.45) is 5.11 Å². The van der Waals surface area contributed by atoms with Crippen LogP contribution in [0, 0.1) is 10.1 Å². The van der Waals surface area contributed by atoms with Gasteiger partial charge in [0, 0.05) is 42.2 Å². The maximum Gasteiger partial charge on any atom is 0.292 e. The molecule has 1 aromatic heterocycles. The van der Waals surface area contributed by atoms with Crippen molar-refractivity contribution in [2.45, 2.75) is 12.8 Å². The quantitative estimate of drug-likeness (QED) is 0.197. The van der Waals surface area contributed by atoms with Crippen LogP contribution in [0.5, 0.6) is 0 Å². The molecule has 2 aromatic rings. The summed E-state index contributed by atoms with van der Waals surface area (Å²) in [6.45, 7) is 0.367. The summed E-state index contributed by atoms with van der Waals surface area (Å²) in [5.74, 6) is 0.537. The van der Waals surface area contributed by atoms with Gasteiger partial charge in [-0.25, -0.2) is 9.97 Å². The number of aldehydes is 1. The van der Waals surface area contributed by atoms with Crippen molar-refractivity contribution in [3.63, 3.8) is 0 Å². The molecule has 0 aliphatic carbocycles. The zero-order chi connectivity index (χ0) is 17.4. The van der Waals surface area contributed by atoms with Gasteiger partial charge in [0.25, 0.3) is 5.69 Å². The summed E-state index contributed by atoms with van der Waals surface area (Å²) in [6, 6.07) is 5.82. The molecule has 0 spiro atoms. The summed E-state index contributed by atoms with van der Waals surface area (Å²) in [5, 5.41) is 17.4. The normalized spacial score (nSPS) is 9.83. The highest BCUT2D eigenvalue weighted by Gasteiger charge is 2.14. The van der Waals surface area contributed by atoms with Crippen molar-refractivity contribution in [1.29, 1.82) is 0 Å². The Morgan fingerprint density at radius 2 is 2.25 bits per heavy atom. The number of nitrogens with zero attached hydrogens (tertiary/aromatic N) is 6. The molecule has 0 aliphatic rings. The summed E-state index contributed by atoms with van der Waals surface area (Å²) in [5.41, 5.74) is 9.30. The largest absolute Gasteiger partial charge is 0.379 e. The molecule has 0 fully saturated rings. The van der Waals surface area contributed by atoms with Crippen LogP contribution in [0.1, 0.15) is 11.5 Å². The van der Waals surface area contributed by atoms with Crippen LogP contribution in [0.3, 0.4) is 0 Å². The molecular weight excluding hydrogens is 314 g/mol. The zero-order valence-electron chi connectivity index (χ0n) is 12.5. The van der Waals surface area contributed by atoms with Crippen LogP contribution in [0.15, 0.2) is 35.6 Å². The van der Waals surface area contributed by atoms with Gasteiger partial charge in [0.15, 0.2) is 0 Å². The molecule has 0 bridgehead atoms. The van der Waals surface area contributed by atoms with E-state index in [9.17, 15) is 14.9 Å². The van der Waals surface area contributed by atoms with Gasteiger partial charge in [-0.1, -0.05) is 11.2 Å². The molecule has 1 N–H and O–H groups in total. The van der Waals surface area contributed by atoms with Gasteiger partial charge in [-0.15, -0.1) is 0 Å². The predicted molar refractivity (Wildman–Crippen MR) is 85.9 cm³/mol. The molecule has 1 aromatic carbocycles. The lowest BCUT2D eigenvalue weighted by Gasteiger charge is -2.07. The maximum absolute atomic E-state index is 11.1. The first-order chi connectivity index (χ1) is 11.6. The molecule has 2 rings (SSSR count). The molecule has 1 heterocycles. The lowest BCUT2D eigenvalue weighted by molar-refractivity contribution is -0.383.